The minimum absolute atomic E-state index is 0.0379. The fraction of sp³-hybridized carbons (Fsp3) is 0.529. The summed E-state index contributed by atoms with van der Waals surface area (Å²) in [6.07, 6.45) is 3.53. The molecule has 1 amide bonds. The summed E-state index contributed by atoms with van der Waals surface area (Å²) in [5.74, 6) is 0.112. The van der Waals surface area contributed by atoms with Crippen molar-refractivity contribution in [3.63, 3.8) is 0 Å². The summed E-state index contributed by atoms with van der Waals surface area (Å²) >= 11 is 0. The van der Waals surface area contributed by atoms with Gasteiger partial charge in [-0.15, -0.1) is 0 Å². The molecular weight excluding hydrogens is 310 g/mol. The van der Waals surface area contributed by atoms with Gasteiger partial charge in [-0.2, -0.15) is 5.26 Å². The Morgan fingerprint density at radius 2 is 1.92 bits per heavy atom. The van der Waals surface area contributed by atoms with Crippen molar-refractivity contribution in [1.82, 2.24) is 4.90 Å². The second-order valence-electron chi connectivity index (χ2n) is 6.11. The third-order valence-electron chi connectivity index (χ3n) is 4.57. The molecule has 2 rings (SSSR count). The van der Waals surface area contributed by atoms with Gasteiger partial charge in [-0.1, -0.05) is 19.3 Å². The van der Waals surface area contributed by atoms with Gasteiger partial charge in [-0.3, -0.25) is 14.9 Å². The number of benzene rings is 1. The van der Waals surface area contributed by atoms with Gasteiger partial charge < -0.3 is 9.64 Å². The average molecular weight is 331 g/mol. The Morgan fingerprint density at radius 3 is 2.42 bits per heavy atom. The lowest BCUT2D eigenvalue weighted by Gasteiger charge is -2.40. The molecule has 1 atom stereocenters. The number of nitrogens with zero attached hydrogens (tertiary/aromatic N) is 3. The van der Waals surface area contributed by atoms with Crippen LogP contribution in [0.5, 0.6) is 5.75 Å². The first-order chi connectivity index (χ1) is 11.4. The molecule has 1 aromatic rings. The number of hydrogen-bond donors (Lipinski definition) is 0. The minimum Gasteiger partial charge on any atom is -0.481 e. The van der Waals surface area contributed by atoms with Crippen molar-refractivity contribution in [2.75, 3.05) is 7.05 Å². The van der Waals surface area contributed by atoms with E-state index in [-0.39, 0.29) is 11.6 Å². The highest BCUT2D eigenvalue weighted by molar-refractivity contribution is 5.82. The highest BCUT2D eigenvalue weighted by Gasteiger charge is 2.40. The number of nitriles is 1. The van der Waals surface area contributed by atoms with Gasteiger partial charge in [0, 0.05) is 19.2 Å². The number of carbonyl (C=O) groups excluding carboxylic acids is 1. The lowest BCUT2D eigenvalue weighted by molar-refractivity contribution is -0.384. The molecule has 0 spiro atoms. The number of rotatable bonds is 5. The Balaban J connectivity index is 2.05. The first-order valence-electron chi connectivity index (χ1n) is 8.00. The summed E-state index contributed by atoms with van der Waals surface area (Å²) in [5, 5.41) is 20.2. The maximum absolute atomic E-state index is 12.6. The minimum atomic E-state index is -0.774. The summed E-state index contributed by atoms with van der Waals surface area (Å²) in [5.41, 5.74) is -0.799. The van der Waals surface area contributed by atoms with Crippen molar-refractivity contribution in [1.29, 1.82) is 5.26 Å². The van der Waals surface area contributed by atoms with Crippen LogP contribution in [0.1, 0.15) is 39.0 Å². The van der Waals surface area contributed by atoms with Gasteiger partial charge in [0.1, 0.15) is 11.3 Å². The molecule has 1 aliphatic rings. The number of nitro benzene ring substituents is 1. The van der Waals surface area contributed by atoms with Crippen LogP contribution in [-0.4, -0.2) is 34.4 Å². The van der Waals surface area contributed by atoms with Gasteiger partial charge in [0.2, 0.25) is 0 Å². The van der Waals surface area contributed by atoms with Crippen LogP contribution in [-0.2, 0) is 4.79 Å². The molecule has 0 radical (unpaired) electrons. The van der Waals surface area contributed by atoms with Crippen molar-refractivity contribution < 1.29 is 14.5 Å². The Hall–Kier alpha value is -2.62. The molecular formula is C17H21N3O4. The van der Waals surface area contributed by atoms with E-state index in [4.69, 9.17) is 4.74 Å². The highest BCUT2D eigenvalue weighted by atomic mass is 16.6. The number of hydrogen-bond acceptors (Lipinski definition) is 5. The van der Waals surface area contributed by atoms with Crippen LogP contribution in [0.25, 0.3) is 0 Å². The zero-order chi connectivity index (χ0) is 17.7. The fourth-order valence-electron chi connectivity index (χ4n) is 3.04. The van der Waals surface area contributed by atoms with Crippen LogP contribution in [0.3, 0.4) is 0 Å². The van der Waals surface area contributed by atoms with E-state index in [1.54, 1.807) is 14.0 Å². The first-order valence-corrected chi connectivity index (χ1v) is 8.00. The van der Waals surface area contributed by atoms with Crippen LogP contribution in [0, 0.1) is 21.4 Å². The Morgan fingerprint density at radius 1 is 1.33 bits per heavy atom. The summed E-state index contributed by atoms with van der Waals surface area (Å²) in [6.45, 7) is 1.62. The van der Waals surface area contributed by atoms with Gasteiger partial charge in [0.05, 0.1) is 11.0 Å². The predicted octanol–water partition coefficient (Wildman–Crippen LogP) is 3.05. The molecule has 1 aliphatic carbocycles. The number of carbonyl (C=O) groups is 1. The van der Waals surface area contributed by atoms with E-state index in [2.05, 4.69) is 6.07 Å². The smallest absolute Gasteiger partial charge is 0.269 e. The van der Waals surface area contributed by atoms with Crippen molar-refractivity contribution in [2.45, 2.75) is 50.7 Å². The third-order valence-corrected chi connectivity index (χ3v) is 4.57. The molecule has 0 saturated heterocycles. The molecule has 1 aromatic carbocycles. The number of amides is 1. The van der Waals surface area contributed by atoms with E-state index in [0.717, 1.165) is 19.3 Å². The van der Waals surface area contributed by atoms with Gasteiger partial charge in [-0.05, 0) is 31.9 Å². The molecule has 0 heterocycles. The molecule has 0 aromatic heterocycles. The maximum Gasteiger partial charge on any atom is 0.269 e. The average Bonchev–Trinajstić information content (AvgIpc) is 2.61. The highest BCUT2D eigenvalue weighted by Crippen LogP contribution is 2.33. The summed E-state index contributed by atoms with van der Waals surface area (Å²) in [4.78, 5) is 24.3. The maximum atomic E-state index is 12.6. The van der Waals surface area contributed by atoms with Gasteiger partial charge in [0.15, 0.2) is 6.10 Å². The van der Waals surface area contributed by atoms with E-state index >= 15 is 0 Å². The molecule has 24 heavy (non-hydrogen) atoms. The van der Waals surface area contributed by atoms with Crippen LogP contribution in [0.4, 0.5) is 5.69 Å². The summed E-state index contributed by atoms with van der Waals surface area (Å²) < 4.78 is 5.59. The molecule has 7 nitrogen and oxygen atoms in total. The van der Waals surface area contributed by atoms with E-state index in [1.807, 2.05) is 0 Å². The second-order valence-corrected chi connectivity index (χ2v) is 6.11. The number of nitro groups is 1. The van der Waals surface area contributed by atoms with Crippen LogP contribution in [0.15, 0.2) is 24.3 Å². The van der Waals surface area contributed by atoms with E-state index in [0.29, 0.717) is 18.6 Å². The van der Waals surface area contributed by atoms with Gasteiger partial charge in [-0.25, -0.2) is 0 Å². The van der Waals surface area contributed by atoms with Gasteiger partial charge >= 0.3 is 0 Å². The molecule has 128 valence electrons. The predicted molar refractivity (Wildman–Crippen MR) is 87.4 cm³/mol. The monoisotopic (exact) mass is 331 g/mol. The molecule has 7 heteroatoms. The van der Waals surface area contributed by atoms with Crippen molar-refractivity contribution >= 4 is 11.6 Å². The summed E-state index contributed by atoms with van der Waals surface area (Å²) in [6, 6.07) is 7.89. The quantitative estimate of drug-likeness (QED) is 0.610. The van der Waals surface area contributed by atoms with Crippen molar-refractivity contribution in [2.24, 2.45) is 0 Å². The number of likely N-dealkylation sites (N-methyl/N-ethyl adjacent to an activating group) is 1. The van der Waals surface area contributed by atoms with Crippen molar-refractivity contribution in [3.8, 4) is 11.8 Å². The third kappa shape index (κ3) is 3.65. The lowest BCUT2D eigenvalue weighted by atomic mass is 9.81. The molecule has 0 bridgehead atoms. The van der Waals surface area contributed by atoms with E-state index in [9.17, 15) is 20.2 Å². The molecule has 0 unspecified atom stereocenters. The Labute approximate surface area is 141 Å². The zero-order valence-corrected chi connectivity index (χ0v) is 13.9. The Kier molecular flexibility index (Phi) is 5.39. The normalized spacial score (nSPS) is 17.4. The van der Waals surface area contributed by atoms with Gasteiger partial charge in [0.25, 0.3) is 11.6 Å². The molecule has 0 aliphatic heterocycles. The fourth-order valence-corrected chi connectivity index (χ4v) is 3.04. The van der Waals surface area contributed by atoms with E-state index < -0.39 is 16.6 Å². The van der Waals surface area contributed by atoms with Crippen LogP contribution in [0.2, 0.25) is 0 Å². The zero-order valence-electron chi connectivity index (χ0n) is 13.9. The SMILES string of the molecule is C[C@@H](Oc1ccc([N+](=O)[O-])cc1)C(=O)N(C)C1(C#N)CCCCC1. The lowest BCUT2D eigenvalue weighted by Crippen LogP contribution is -2.53. The van der Waals surface area contributed by atoms with Crippen LogP contribution >= 0.6 is 0 Å². The van der Waals surface area contributed by atoms with Crippen LogP contribution < -0.4 is 4.74 Å². The largest absolute Gasteiger partial charge is 0.481 e. The number of non-ortho nitro benzene ring substituents is 1. The molecule has 1 fully saturated rings. The number of ether oxygens (including phenoxy) is 1. The first kappa shape index (κ1) is 17.7. The second kappa shape index (κ2) is 7.30. The topological polar surface area (TPSA) is 96.5 Å². The molecule has 0 N–H and O–H groups in total. The summed E-state index contributed by atoms with van der Waals surface area (Å²) in [7, 11) is 1.65. The standard InChI is InChI=1S/C17H21N3O4/c1-13(24-15-8-6-14(7-9-15)20(22)23)16(21)19(2)17(12-18)10-4-3-5-11-17/h6-9,13H,3-5,10-11H2,1-2H3/t13-/m1/s1. The van der Waals surface area contributed by atoms with E-state index in [1.165, 1.54) is 29.2 Å². The Bertz CT molecular complexity index is 645. The molecule has 1 saturated carbocycles. The van der Waals surface area contributed by atoms with Crippen molar-refractivity contribution in [3.05, 3.63) is 34.4 Å².